The molecule has 1 amide bonds. The van der Waals surface area contributed by atoms with Crippen LogP contribution in [0.25, 0.3) is 16.9 Å². The number of halogens is 3. The van der Waals surface area contributed by atoms with Gasteiger partial charge in [-0.3, -0.25) is 19.3 Å². The van der Waals surface area contributed by atoms with E-state index in [2.05, 4.69) is 10.3 Å². The number of aromatic nitrogens is 2. The Labute approximate surface area is 189 Å². The lowest BCUT2D eigenvalue weighted by Gasteiger charge is -2.10. The molecule has 4 aromatic rings. The van der Waals surface area contributed by atoms with Gasteiger partial charge in [0.15, 0.2) is 0 Å². The predicted molar refractivity (Wildman–Crippen MR) is 118 cm³/mol. The number of nitrogens with zero attached hydrogens (tertiary/aromatic N) is 3. The van der Waals surface area contributed by atoms with Gasteiger partial charge in [-0.2, -0.15) is 13.2 Å². The molecule has 2 aromatic heterocycles. The number of thioether (sulfide) groups is 1. The van der Waals surface area contributed by atoms with Crippen molar-refractivity contribution in [1.82, 2.24) is 9.38 Å². The van der Waals surface area contributed by atoms with Crippen molar-refractivity contribution in [2.24, 2.45) is 0 Å². The highest BCUT2D eigenvalue weighted by atomic mass is 32.2. The zero-order valence-corrected chi connectivity index (χ0v) is 17.6. The quantitative estimate of drug-likeness (QED) is 0.222. The second-order valence-electron chi connectivity index (χ2n) is 6.88. The second-order valence-corrected chi connectivity index (χ2v) is 7.90. The Morgan fingerprint density at radius 2 is 1.82 bits per heavy atom. The van der Waals surface area contributed by atoms with Crippen LogP contribution in [-0.2, 0) is 11.0 Å². The molecular formula is C22H15F3N4O3S. The number of hydrogen-bond acceptors (Lipinski definition) is 5. The van der Waals surface area contributed by atoms with Gasteiger partial charge in [0.05, 0.1) is 21.1 Å². The molecule has 0 spiro atoms. The SMILES string of the molecule is O=C(CSc1ccc(C(F)(F)F)cc1[N+](=O)[O-])Nc1c(-c2ccccc2)nc2ccccn12. The van der Waals surface area contributed by atoms with Crippen LogP contribution < -0.4 is 5.32 Å². The van der Waals surface area contributed by atoms with Gasteiger partial charge in [0.1, 0.15) is 17.2 Å². The van der Waals surface area contributed by atoms with E-state index < -0.39 is 28.3 Å². The second kappa shape index (κ2) is 8.94. The van der Waals surface area contributed by atoms with Gasteiger partial charge in [0.25, 0.3) is 5.69 Å². The summed E-state index contributed by atoms with van der Waals surface area (Å²) in [4.78, 5) is 27.6. The van der Waals surface area contributed by atoms with E-state index in [9.17, 15) is 28.1 Å². The highest BCUT2D eigenvalue weighted by Crippen LogP contribution is 2.37. The maximum Gasteiger partial charge on any atom is 0.416 e. The molecule has 0 unspecified atom stereocenters. The topological polar surface area (TPSA) is 89.5 Å². The highest BCUT2D eigenvalue weighted by molar-refractivity contribution is 8.00. The van der Waals surface area contributed by atoms with E-state index in [1.54, 1.807) is 22.7 Å². The largest absolute Gasteiger partial charge is 0.416 e. The summed E-state index contributed by atoms with van der Waals surface area (Å²) >= 11 is 0.781. The number of nitro benzene ring substituents is 1. The molecule has 0 saturated heterocycles. The minimum atomic E-state index is -4.71. The summed E-state index contributed by atoms with van der Waals surface area (Å²) in [6.45, 7) is 0. The van der Waals surface area contributed by atoms with Crippen molar-refractivity contribution in [3.05, 3.63) is 88.6 Å². The number of nitrogens with one attached hydrogen (secondary N) is 1. The Kier molecular flexibility index (Phi) is 6.05. The molecule has 4 rings (SSSR count). The Hall–Kier alpha value is -3.86. The average molecular weight is 472 g/mol. The lowest BCUT2D eigenvalue weighted by molar-refractivity contribution is -0.388. The van der Waals surface area contributed by atoms with E-state index in [0.717, 1.165) is 29.5 Å². The van der Waals surface area contributed by atoms with Crippen molar-refractivity contribution >= 4 is 34.8 Å². The van der Waals surface area contributed by atoms with Crippen molar-refractivity contribution in [3.8, 4) is 11.3 Å². The first-order valence-corrected chi connectivity index (χ1v) is 10.5. The number of fused-ring (bicyclic) bond motifs is 1. The van der Waals surface area contributed by atoms with Gasteiger partial charge in [0.2, 0.25) is 5.91 Å². The van der Waals surface area contributed by atoms with Crippen LogP contribution in [0.15, 0.2) is 77.8 Å². The maximum atomic E-state index is 12.9. The van der Waals surface area contributed by atoms with Gasteiger partial charge in [-0.05, 0) is 24.3 Å². The molecule has 0 aliphatic carbocycles. The number of carbonyl (C=O) groups excluding carboxylic acids is 1. The van der Waals surface area contributed by atoms with Crippen LogP contribution in [0.2, 0.25) is 0 Å². The van der Waals surface area contributed by atoms with Crippen LogP contribution in [0.1, 0.15) is 5.56 Å². The Bertz CT molecular complexity index is 1340. The smallest absolute Gasteiger partial charge is 0.309 e. The monoisotopic (exact) mass is 472 g/mol. The Morgan fingerprint density at radius 1 is 1.09 bits per heavy atom. The molecule has 0 aliphatic heterocycles. The predicted octanol–water partition coefficient (Wildman–Crippen LogP) is 5.66. The number of carbonyl (C=O) groups is 1. The average Bonchev–Trinajstić information content (AvgIpc) is 3.16. The number of imidazole rings is 1. The van der Waals surface area contributed by atoms with Crippen molar-refractivity contribution in [3.63, 3.8) is 0 Å². The van der Waals surface area contributed by atoms with Crippen molar-refractivity contribution in [1.29, 1.82) is 0 Å². The van der Waals surface area contributed by atoms with Crippen LogP contribution >= 0.6 is 11.8 Å². The number of amides is 1. The van der Waals surface area contributed by atoms with E-state index in [0.29, 0.717) is 23.2 Å². The van der Waals surface area contributed by atoms with Crippen LogP contribution in [-0.4, -0.2) is 26.0 Å². The summed E-state index contributed by atoms with van der Waals surface area (Å²) in [7, 11) is 0. The van der Waals surface area contributed by atoms with Crippen molar-refractivity contribution < 1.29 is 22.9 Å². The summed E-state index contributed by atoms with van der Waals surface area (Å²) < 4.78 is 40.4. The Morgan fingerprint density at radius 3 is 2.52 bits per heavy atom. The van der Waals surface area contributed by atoms with E-state index in [4.69, 9.17) is 0 Å². The molecule has 11 heteroatoms. The van der Waals surface area contributed by atoms with E-state index in [-0.39, 0.29) is 10.6 Å². The molecule has 168 valence electrons. The summed E-state index contributed by atoms with van der Waals surface area (Å²) in [5, 5.41) is 14.0. The van der Waals surface area contributed by atoms with E-state index >= 15 is 0 Å². The number of pyridine rings is 1. The number of benzene rings is 2. The van der Waals surface area contributed by atoms with Gasteiger partial charge in [-0.1, -0.05) is 36.4 Å². The van der Waals surface area contributed by atoms with Gasteiger partial charge < -0.3 is 5.32 Å². The molecule has 0 fully saturated rings. The summed E-state index contributed by atoms with van der Waals surface area (Å²) in [5.41, 5.74) is 0.101. The lowest BCUT2D eigenvalue weighted by Crippen LogP contribution is -2.16. The first-order chi connectivity index (χ1) is 15.7. The molecule has 0 bridgehead atoms. The lowest BCUT2D eigenvalue weighted by atomic mass is 10.1. The van der Waals surface area contributed by atoms with E-state index in [1.165, 1.54) is 0 Å². The molecule has 0 saturated carbocycles. The third-order valence-corrected chi connectivity index (χ3v) is 5.74. The first kappa shape index (κ1) is 22.3. The van der Waals surface area contributed by atoms with Crippen LogP contribution in [0.5, 0.6) is 0 Å². The van der Waals surface area contributed by atoms with Crippen molar-refractivity contribution in [2.45, 2.75) is 11.1 Å². The number of hydrogen-bond donors (Lipinski definition) is 1. The maximum absolute atomic E-state index is 12.9. The fraction of sp³-hybridized carbons (Fsp3) is 0.0909. The van der Waals surface area contributed by atoms with Crippen LogP contribution in [0.4, 0.5) is 24.7 Å². The number of anilines is 1. The zero-order valence-electron chi connectivity index (χ0n) is 16.7. The number of rotatable bonds is 6. The molecule has 33 heavy (non-hydrogen) atoms. The van der Waals surface area contributed by atoms with Gasteiger partial charge in [-0.15, -0.1) is 11.8 Å². The molecule has 0 radical (unpaired) electrons. The van der Waals surface area contributed by atoms with Crippen LogP contribution in [0, 0.1) is 10.1 Å². The zero-order chi connectivity index (χ0) is 23.6. The minimum Gasteiger partial charge on any atom is -0.309 e. The third-order valence-electron chi connectivity index (χ3n) is 4.68. The molecule has 0 aliphatic rings. The fourth-order valence-corrected chi connectivity index (χ4v) is 3.99. The van der Waals surface area contributed by atoms with Crippen LogP contribution in [0.3, 0.4) is 0 Å². The number of nitro groups is 1. The molecule has 2 heterocycles. The molecule has 7 nitrogen and oxygen atoms in total. The third kappa shape index (κ3) is 4.82. The van der Waals surface area contributed by atoms with Gasteiger partial charge in [-0.25, -0.2) is 4.98 Å². The fourth-order valence-electron chi connectivity index (χ4n) is 3.18. The molecule has 1 N–H and O–H groups in total. The molecule has 0 atom stereocenters. The number of alkyl halides is 3. The minimum absolute atomic E-state index is 0.0374. The molecular weight excluding hydrogens is 457 g/mol. The Balaban J connectivity index is 1.58. The highest BCUT2D eigenvalue weighted by Gasteiger charge is 2.33. The van der Waals surface area contributed by atoms with Crippen molar-refractivity contribution in [2.75, 3.05) is 11.1 Å². The summed E-state index contributed by atoms with van der Waals surface area (Å²) in [5.74, 6) is -0.318. The summed E-state index contributed by atoms with van der Waals surface area (Å²) in [6.07, 6.45) is -2.97. The van der Waals surface area contributed by atoms with Gasteiger partial charge >= 0.3 is 6.18 Å². The standard InChI is InChI=1S/C22H15F3N4O3S/c23-22(24,25)15-9-10-17(16(12-15)29(31)32)33-13-19(30)27-21-20(14-6-2-1-3-7-14)26-18-8-4-5-11-28(18)21/h1-12H,13H2,(H,27,30). The summed E-state index contributed by atoms with van der Waals surface area (Å²) in [6, 6.07) is 16.8. The molecule has 2 aromatic carbocycles. The normalized spacial score (nSPS) is 11.5. The van der Waals surface area contributed by atoms with E-state index in [1.807, 2.05) is 36.4 Å². The van der Waals surface area contributed by atoms with Gasteiger partial charge in [0, 0.05) is 17.8 Å². The first-order valence-electron chi connectivity index (χ1n) is 9.55.